The summed E-state index contributed by atoms with van der Waals surface area (Å²) in [7, 11) is 2.03. The van der Waals surface area contributed by atoms with Crippen LogP contribution in [0.1, 0.15) is 5.56 Å². The molecule has 0 spiro atoms. The summed E-state index contributed by atoms with van der Waals surface area (Å²) in [5.74, 6) is 0. The summed E-state index contributed by atoms with van der Waals surface area (Å²) in [4.78, 5) is 0. The van der Waals surface area contributed by atoms with Gasteiger partial charge in [-0.1, -0.05) is 72.8 Å². The maximum Gasteiger partial charge on any atom is 0.0340 e. The third kappa shape index (κ3) is 4.46. The van der Waals surface area contributed by atoms with Gasteiger partial charge >= 0.3 is 0 Å². The van der Waals surface area contributed by atoms with E-state index in [0.29, 0.717) is 6.04 Å². The number of rotatable bonds is 7. The highest BCUT2D eigenvalue weighted by atomic mass is 15.0. The molecule has 0 saturated heterocycles. The molecule has 122 valence electrons. The largest absolute Gasteiger partial charge is 0.383 e. The Labute approximate surface area is 144 Å². The molecule has 3 aromatic carbocycles. The molecule has 0 heterocycles. The van der Waals surface area contributed by atoms with Crippen LogP contribution in [0.15, 0.2) is 84.9 Å². The minimum Gasteiger partial charge on any atom is -0.383 e. The van der Waals surface area contributed by atoms with Gasteiger partial charge in [0.1, 0.15) is 0 Å². The Kier molecular flexibility index (Phi) is 5.65. The number of benzene rings is 3. The molecule has 2 N–H and O–H groups in total. The SMILES string of the molecule is CNC(CNc1ccccc1)Cc1cccc(-c2ccccc2)c1. The van der Waals surface area contributed by atoms with Crippen molar-refractivity contribution in [3.05, 3.63) is 90.5 Å². The minimum absolute atomic E-state index is 0.385. The lowest BCUT2D eigenvalue weighted by atomic mass is 9.99. The molecule has 3 aromatic rings. The molecule has 0 aromatic heterocycles. The van der Waals surface area contributed by atoms with Gasteiger partial charge in [0.05, 0.1) is 0 Å². The fourth-order valence-electron chi connectivity index (χ4n) is 2.87. The van der Waals surface area contributed by atoms with Gasteiger partial charge in [-0.2, -0.15) is 0 Å². The quantitative estimate of drug-likeness (QED) is 0.666. The van der Waals surface area contributed by atoms with E-state index in [4.69, 9.17) is 0 Å². The Hall–Kier alpha value is -2.58. The standard InChI is InChI=1S/C22H24N2/c1-23-22(17-24-21-13-6-3-7-14-21)16-18-9-8-12-20(15-18)19-10-4-2-5-11-19/h2-15,22-24H,16-17H2,1H3. The number of hydrogen-bond donors (Lipinski definition) is 2. The molecule has 0 aliphatic carbocycles. The Morgan fingerprint density at radius 3 is 2.12 bits per heavy atom. The van der Waals surface area contributed by atoms with Gasteiger partial charge in [0, 0.05) is 18.3 Å². The van der Waals surface area contributed by atoms with Crippen LogP contribution in [0.2, 0.25) is 0 Å². The van der Waals surface area contributed by atoms with E-state index in [9.17, 15) is 0 Å². The van der Waals surface area contributed by atoms with Crippen LogP contribution in [0, 0.1) is 0 Å². The van der Waals surface area contributed by atoms with Gasteiger partial charge in [0.2, 0.25) is 0 Å². The number of likely N-dealkylation sites (N-methyl/N-ethyl adjacent to an activating group) is 1. The van der Waals surface area contributed by atoms with Crippen LogP contribution < -0.4 is 10.6 Å². The zero-order chi connectivity index (χ0) is 16.6. The van der Waals surface area contributed by atoms with E-state index in [-0.39, 0.29) is 0 Å². The maximum absolute atomic E-state index is 3.50. The zero-order valence-electron chi connectivity index (χ0n) is 14.1. The van der Waals surface area contributed by atoms with E-state index >= 15 is 0 Å². The first kappa shape index (κ1) is 16.3. The van der Waals surface area contributed by atoms with Crippen LogP contribution >= 0.6 is 0 Å². The summed E-state index contributed by atoms with van der Waals surface area (Å²) < 4.78 is 0. The maximum atomic E-state index is 3.50. The normalized spacial score (nSPS) is 11.9. The summed E-state index contributed by atoms with van der Waals surface area (Å²) in [5, 5.41) is 6.92. The topological polar surface area (TPSA) is 24.1 Å². The molecule has 0 bridgehead atoms. The van der Waals surface area contributed by atoms with Crippen LogP contribution in [-0.4, -0.2) is 19.6 Å². The second-order valence-corrected chi connectivity index (χ2v) is 6.00. The van der Waals surface area contributed by atoms with Crippen LogP contribution in [0.4, 0.5) is 5.69 Å². The first-order valence-corrected chi connectivity index (χ1v) is 8.46. The van der Waals surface area contributed by atoms with Gasteiger partial charge in [-0.15, -0.1) is 0 Å². The molecule has 0 aliphatic rings. The van der Waals surface area contributed by atoms with Crippen LogP contribution in [-0.2, 0) is 6.42 Å². The van der Waals surface area contributed by atoms with Crippen molar-refractivity contribution in [3.8, 4) is 11.1 Å². The van der Waals surface area contributed by atoms with E-state index < -0.39 is 0 Å². The van der Waals surface area contributed by atoms with Gasteiger partial charge in [0.25, 0.3) is 0 Å². The highest BCUT2D eigenvalue weighted by Crippen LogP contribution is 2.20. The monoisotopic (exact) mass is 316 g/mol. The smallest absolute Gasteiger partial charge is 0.0340 e. The average Bonchev–Trinajstić information content (AvgIpc) is 2.67. The summed E-state index contributed by atoms with van der Waals surface area (Å²) >= 11 is 0. The molecule has 0 amide bonds. The second-order valence-electron chi connectivity index (χ2n) is 6.00. The lowest BCUT2D eigenvalue weighted by molar-refractivity contribution is 0.583. The average molecular weight is 316 g/mol. The lowest BCUT2D eigenvalue weighted by Crippen LogP contribution is -2.34. The Balaban J connectivity index is 1.65. The Bertz CT molecular complexity index is 738. The molecule has 24 heavy (non-hydrogen) atoms. The number of hydrogen-bond acceptors (Lipinski definition) is 2. The van der Waals surface area contributed by atoms with Crippen molar-refractivity contribution < 1.29 is 0 Å². The Morgan fingerprint density at radius 1 is 0.750 bits per heavy atom. The minimum atomic E-state index is 0.385. The fourth-order valence-corrected chi connectivity index (χ4v) is 2.87. The molecule has 0 saturated carbocycles. The van der Waals surface area contributed by atoms with Crippen molar-refractivity contribution in [2.45, 2.75) is 12.5 Å². The highest BCUT2D eigenvalue weighted by Gasteiger charge is 2.08. The van der Waals surface area contributed by atoms with E-state index in [1.54, 1.807) is 0 Å². The van der Waals surface area contributed by atoms with Crippen molar-refractivity contribution >= 4 is 5.69 Å². The van der Waals surface area contributed by atoms with Gasteiger partial charge in [-0.3, -0.25) is 0 Å². The molecule has 0 radical (unpaired) electrons. The van der Waals surface area contributed by atoms with Crippen molar-refractivity contribution in [3.63, 3.8) is 0 Å². The van der Waals surface area contributed by atoms with E-state index in [0.717, 1.165) is 18.7 Å². The van der Waals surface area contributed by atoms with Crippen LogP contribution in [0.25, 0.3) is 11.1 Å². The first-order valence-electron chi connectivity index (χ1n) is 8.46. The summed E-state index contributed by atoms with van der Waals surface area (Å²) in [6.07, 6.45) is 0.997. The van der Waals surface area contributed by atoms with Gasteiger partial charge in [0.15, 0.2) is 0 Å². The van der Waals surface area contributed by atoms with E-state index in [2.05, 4.69) is 89.5 Å². The summed E-state index contributed by atoms with van der Waals surface area (Å²) in [6.45, 7) is 0.899. The van der Waals surface area contributed by atoms with Crippen molar-refractivity contribution in [1.29, 1.82) is 0 Å². The van der Waals surface area contributed by atoms with Crippen molar-refractivity contribution in [2.75, 3.05) is 18.9 Å². The molecule has 1 atom stereocenters. The summed E-state index contributed by atoms with van der Waals surface area (Å²) in [6, 6.07) is 30.1. The molecule has 2 heteroatoms. The van der Waals surface area contributed by atoms with Crippen LogP contribution in [0.3, 0.4) is 0 Å². The predicted octanol–water partition coefficient (Wildman–Crippen LogP) is 4.60. The molecule has 1 unspecified atom stereocenters. The lowest BCUT2D eigenvalue weighted by Gasteiger charge is -2.18. The van der Waals surface area contributed by atoms with Crippen molar-refractivity contribution in [2.24, 2.45) is 0 Å². The fraction of sp³-hybridized carbons (Fsp3) is 0.182. The molecule has 0 fully saturated rings. The third-order valence-corrected chi connectivity index (χ3v) is 4.25. The summed E-state index contributed by atoms with van der Waals surface area (Å²) in [5.41, 5.74) is 5.06. The van der Waals surface area contributed by atoms with Gasteiger partial charge in [-0.05, 0) is 42.3 Å². The molecular formula is C22H24N2. The highest BCUT2D eigenvalue weighted by molar-refractivity contribution is 5.64. The molecule has 0 aliphatic heterocycles. The predicted molar refractivity (Wildman–Crippen MR) is 103 cm³/mol. The third-order valence-electron chi connectivity index (χ3n) is 4.25. The molecular weight excluding hydrogens is 292 g/mol. The van der Waals surface area contributed by atoms with Crippen LogP contribution in [0.5, 0.6) is 0 Å². The Morgan fingerprint density at radius 2 is 1.42 bits per heavy atom. The molecule has 2 nitrogen and oxygen atoms in total. The van der Waals surface area contributed by atoms with Gasteiger partial charge in [-0.25, -0.2) is 0 Å². The van der Waals surface area contributed by atoms with Gasteiger partial charge < -0.3 is 10.6 Å². The van der Waals surface area contributed by atoms with E-state index in [1.807, 2.05) is 13.1 Å². The van der Waals surface area contributed by atoms with Crippen molar-refractivity contribution in [1.82, 2.24) is 5.32 Å². The zero-order valence-corrected chi connectivity index (χ0v) is 14.1. The number of nitrogens with one attached hydrogen (secondary N) is 2. The number of anilines is 1. The van der Waals surface area contributed by atoms with E-state index in [1.165, 1.54) is 16.7 Å². The number of para-hydroxylation sites is 1. The molecule has 3 rings (SSSR count). The first-order chi connectivity index (χ1) is 11.8. The second kappa shape index (κ2) is 8.32.